The first-order chi connectivity index (χ1) is 9.17. The molecule has 0 bridgehead atoms. The summed E-state index contributed by atoms with van der Waals surface area (Å²) in [5.74, 6) is 0.0286. The second kappa shape index (κ2) is 6.33. The highest BCUT2D eigenvalue weighted by Crippen LogP contribution is 2.15. The Morgan fingerprint density at radius 1 is 1.32 bits per heavy atom. The fourth-order valence-corrected chi connectivity index (χ4v) is 2.43. The van der Waals surface area contributed by atoms with Crippen molar-refractivity contribution < 1.29 is 4.79 Å². The highest BCUT2D eigenvalue weighted by molar-refractivity contribution is 7.11. The lowest BCUT2D eigenvalue weighted by Gasteiger charge is -2.06. The maximum absolute atomic E-state index is 11.2. The van der Waals surface area contributed by atoms with Crippen LogP contribution >= 0.6 is 11.3 Å². The van der Waals surface area contributed by atoms with Gasteiger partial charge in [-0.2, -0.15) is 0 Å². The Bertz CT molecular complexity index is 548. The van der Waals surface area contributed by atoms with E-state index in [0.717, 1.165) is 22.8 Å². The van der Waals surface area contributed by atoms with Crippen LogP contribution < -0.4 is 10.6 Å². The van der Waals surface area contributed by atoms with Crippen molar-refractivity contribution in [1.29, 1.82) is 0 Å². The summed E-state index contributed by atoms with van der Waals surface area (Å²) in [5, 5.41) is 7.04. The van der Waals surface area contributed by atoms with Crippen molar-refractivity contribution in [2.75, 3.05) is 12.4 Å². The normalized spacial score (nSPS) is 10.2. The summed E-state index contributed by atoms with van der Waals surface area (Å²) in [6.07, 6.45) is 2.32. The SMILES string of the molecule is CNC(=O)Cc1ccc(NCc2cnc(C)s2)cc1. The number of nitrogens with zero attached hydrogens (tertiary/aromatic N) is 1. The molecule has 19 heavy (non-hydrogen) atoms. The van der Waals surface area contributed by atoms with Crippen molar-refractivity contribution in [3.63, 3.8) is 0 Å². The van der Waals surface area contributed by atoms with Crippen molar-refractivity contribution in [2.45, 2.75) is 19.9 Å². The largest absolute Gasteiger partial charge is 0.380 e. The highest BCUT2D eigenvalue weighted by Gasteiger charge is 2.01. The van der Waals surface area contributed by atoms with Crippen molar-refractivity contribution in [2.24, 2.45) is 0 Å². The average Bonchev–Trinajstić information content (AvgIpc) is 2.83. The topological polar surface area (TPSA) is 54.0 Å². The number of thiazole rings is 1. The van der Waals surface area contributed by atoms with Crippen LogP contribution in [0.4, 0.5) is 5.69 Å². The summed E-state index contributed by atoms with van der Waals surface area (Å²) in [6, 6.07) is 7.92. The molecule has 0 aliphatic rings. The molecule has 1 aromatic carbocycles. The fourth-order valence-electron chi connectivity index (χ4n) is 1.69. The molecule has 100 valence electrons. The first-order valence-corrected chi connectivity index (χ1v) is 6.93. The van der Waals surface area contributed by atoms with Crippen molar-refractivity contribution in [1.82, 2.24) is 10.3 Å². The van der Waals surface area contributed by atoms with Gasteiger partial charge < -0.3 is 10.6 Å². The predicted molar refractivity (Wildman–Crippen MR) is 78.4 cm³/mol. The maximum Gasteiger partial charge on any atom is 0.224 e. The van der Waals surface area contributed by atoms with Gasteiger partial charge in [0, 0.05) is 23.8 Å². The molecule has 0 fully saturated rings. The van der Waals surface area contributed by atoms with Crippen LogP contribution in [0.1, 0.15) is 15.4 Å². The Hall–Kier alpha value is -1.88. The minimum absolute atomic E-state index is 0.0286. The molecule has 0 aliphatic carbocycles. The molecule has 5 heteroatoms. The van der Waals surface area contributed by atoms with Gasteiger partial charge in [0.1, 0.15) is 0 Å². The zero-order chi connectivity index (χ0) is 13.7. The number of carbonyl (C=O) groups excluding carboxylic acids is 1. The molecule has 1 aromatic heterocycles. The van der Waals surface area contributed by atoms with E-state index in [9.17, 15) is 4.79 Å². The lowest BCUT2D eigenvalue weighted by atomic mass is 10.1. The molecular formula is C14H17N3OS. The Labute approximate surface area is 116 Å². The van der Waals surface area contributed by atoms with Crippen LogP contribution in [0.5, 0.6) is 0 Å². The smallest absolute Gasteiger partial charge is 0.224 e. The number of rotatable bonds is 5. The zero-order valence-corrected chi connectivity index (χ0v) is 11.9. The van der Waals surface area contributed by atoms with Crippen LogP contribution in [0, 0.1) is 6.92 Å². The van der Waals surface area contributed by atoms with Gasteiger partial charge in [-0.25, -0.2) is 4.98 Å². The first-order valence-electron chi connectivity index (χ1n) is 6.12. The quantitative estimate of drug-likeness (QED) is 0.880. The third-order valence-corrected chi connectivity index (χ3v) is 3.65. The van der Waals surface area contributed by atoms with E-state index in [0.29, 0.717) is 6.42 Å². The number of likely N-dealkylation sites (N-methyl/N-ethyl adjacent to an activating group) is 1. The second-order valence-electron chi connectivity index (χ2n) is 4.25. The van der Waals surface area contributed by atoms with Crippen LogP contribution in [0.2, 0.25) is 0 Å². The summed E-state index contributed by atoms with van der Waals surface area (Å²) in [4.78, 5) is 16.7. The number of benzene rings is 1. The number of anilines is 1. The van der Waals surface area contributed by atoms with Crippen molar-refractivity contribution in [3.8, 4) is 0 Å². The third kappa shape index (κ3) is 4.06. The lowest BCUT2D eigenvalue weighted by molar-refractivity contribution is -0.119. The third-order valence-electron chi connectivity index (χ3n) is 2.73. The molecule has 0 radical (unpaired) electrons. The molecular weight excluding hydrogens is 258 g/mol. The molecule has 0 aliphatic heterocycles. The number of nitrogens with one attached hydrogen (secondary N) is 2. The van der Waals surface area contributed by atoms with Crippen LogP contribution in [0.15, 0.2) is 30.5 Å². The van der Waals surface area contributed by atoms with Crippen LogP contribution in [-0.4, -0.2) is 17.9 Å². The molecule has 1 heterocycles. The highest BCUT2D eigenvalue weighted by atomic mass is 32.1. The first kappa shape index (κ1) is 13.5. The van der Waals surface area contributed by atoms with E-state index < -0.39 is 0 Å². The molecule has 0 unspecified atom stereocenters. The van der Waals surface area contributed by atoms with Crippen molar-refractivity contribution >= 4 is 22.9 Å². The Morgan fingerprint density at radius 3 is 2.63 bits per heavy atom. The Morgan fingerprint density at radius 2 is 2.05 bits per heavy atom. The number of carbonyl (C=O) groups is 1. The Kier molecular flexibility index (Phi) is 4.52. The molecule has 2 N–H and O–H groups in total. The number of hydrogen-bond acceptors (Lipinski definition) is 4. The van der Waals surface area contributed by atoms with Crippen LogP contribution in [0.3, 0.4) is 0 Å². The van der Waals surface area contributed by atoms with Crippen molar-refractivity contribution in [3.05, 3.63) is 45.9 Å². The second-order valence-corrected chi connectivity index (χ2v) is 5.57. The minimum Gasteiger partial charge on any atom is -0.380 e. The summed E-state index contributed by atoms with van der Waals surface area (Å²) < 4.78 is 0. The summed E-state index contributed by atoms with van der Waals surface area (Å²) in [5.41, 5.74) is 2.06. The molecule has 1 amide bonds. The van der Waals surface area contributed by atoms with Gasteiger partial charge in [-0.1, -0.05) is 12.1 Å². The van der Waals surface area contributed by atoms with Gasteiger partial charge in [-0.15, -0.1) is 11.3 Å². The number of aryl methyl sites for hydroxylation is 1. The standard InChI is InChI=1S/C14H17N3OS/c1-10-16-8-13(19-10)9-17-12-5-3-11(4-6-12)7-14(18)15-2/h3-6,8,17H,7,9H2,1-2H3,(H,15,18). The monoisotopic (exact) mass is 275 g/mol. The maximum atomic E-state index is 11.2. The number of aromatic nitrogens is 1. The van der Waals surface area contributed by atoms with E-state index in [1.165, 1.54) is 4.88 Å². The van der Waals surface area contributed by atoms with Gasteiger partial charge in [0.25, 0.3) is 0 Å². The van der Waals surface area contributed by atoms with Gasteiger partial charge in [-0.3, -0.25) is 4.79 Å². The van der Waals surface area contributed by atoms with Gasteiger partial charge >= 0.3 is 0 Å². The van der Waals surface area contributed by atoms with E-state index in [1.54, 1.807) is 18.4 Å². The minimum atomic E-state index is 0.0286. The van der Waals surface area contributed by atoms with E-state index in [1.807, 2.05) is 37.4 Å². The molecule has 0 spiro atoms. The lowest BCUT2D eigenvalue weighted by Crippen LogP contribution is -2.19. The summed E-state index contributed by atoms with van der Waals surface area (Å²) in [7, 11) is 1.65. The van der Waals surface area contributed by atoms with Gasteiger partial charge in [0.15, 0.2) is 0 Å². The molecule has 4 nitrogen and oxygen atoms in total. The van der Waals surface area contributed by atoms with E-state index in [-0.39, 0.29) is 5.91 Å². The summed E-state index contributed by atoms with van der Waals surface area (Å²) in [6.45, 7) is 2.78. The Balaban J connectivity index is 1.89. The van der Waals surface area contributed by atoms with Gasteiger partial charge in [0.2, 0.25) is 5.91 Å². The van der Waals surface area contributed by atoms with Gasteiger partial charge in [-0.05, 0) is 24.6 Å². The molecule has 0 atom stereocenters. The molecule has 0 saturated carbocycles. The molecule has 2 aromatic rings. The van der Waals surface area contributed by atoms with Crippen LogP contribution in [-0.2, 0) is 17.8 Å². The molecule has 2 rings (SSSR count). The number of amides is 1. The van der Waals surface area contributed by atoms with Gasteiger partial charge in [0.05, 0.1) is 18.0 Å². The fraction of sp³-hybridized carbons (Fsp3) is 0.286. The summed E-state index contributed by atoms with van der Waals surface area (Å²) >= 11 is 1.69. The van der Waals surface area contributed by atoms with E-state index >= 15 is 0 Å². The van der Waals surface area contributed by atoms with E-state index in [4.69, 9.17) is 0 Å². The predicted octanol–water partition coefficient (Wildman–Crippen LogP) is 2.35. The zero-order valence-electron chi connectivity index (χ0n) is 11.1. The van der Waals surface area contributed by atoms with E-state index in [2.05, 4.69) is 15.6 Å². The van der Waals surface area contributed by atoms with Crippen LogP contribution in [0.25, 0.3) is 0 Å². The molecule has 0 saturated heterocycles. The number of hydrogen-bond donors (Lipinski definition) is 2. The average molecular weight is 275 g/mol.